The number of rotatable bonds is 14. The Morgan fingerprint density at radius 1 is 0.650 bits per heavy atom. The van der Waals surface area contributed by atoms with Gasteiger partial charge in [0.25, 0.3) is 30.4 Å². The second-order valence-electron chi connectivity index (χ2n) is 10.8. The third kappa shape index (κ3) is 16.4. The van der Waals surface area contributed by atoms with Crippen LogP contribution in [-0.2, 0) is 54.8 Å². The fourth-order valence-corrected chi connectivity index (χ4v) is 8.16. The molecule has 5 rings (SSSR count). The summed E-state index contributed by atoms with van der Waals surface area (Å²) in [5.74, 6) is -2.71. The van der Waals surface area contributed by atoms with Gasteiger partial charge in [-0.3, -0.25) is 18.2 Å². The quantitative estimate of drug-likeness (QED) is 0.0475. The second kappa shape index (κ2) is 24.0. The van der Waals surface area contributed by atoms with Crippen LogP contribution in [0.4, 0.5) is 34.6 Å². The largest absolute Gasteiger partial charge is 0.505 e. The van der Waals surface area contributed by atoms with E-state index in [-0.39, 0.29) is 222 Å². The standard InChI is InChI=1S/C27H22ClN7O16S5.4K/c28-25-31-26(29-15-5-7-16(8-6-15)52(37,38)10-9-51-56(48,49)50)33-27(32-25)30-19-13-17(53(39,40)41)11-14-12-21(55(45,46)47)23(24(36)22(14)19)35-34-18-3-1-2-4-20(18)54(42,43)44;;;;/h1-8,11-13,36H,9-10H2,(H,39,40,41)(H,42,43,44)(H,45,46,47)(H,48,49,50)(H2,29,30,31,32,33);;;;. The summed E-state index contributed by atoms with van der Waals surface area (Å²) in [6, 6.07) is 11.4. The van der Waals surface area contributed by atoms with Gasteiger partial charge in [-0.05, 0) is 71.6 Å². The monoisotopic (exact) mass is 1050 g/mol. The van der Waals surface area contributed by atoms with Gasteiger partial charge in [0.1, 0.15) is 21.2 Å². The molecule has 0 spiro atoms. The Balaban J connectivity index is 0.00000450. The van der Waals surface area contributed by atoms with Gasteiger partial charge in [0.15, 0.2) is 15.6 Å². The molecule has 23 nitrogen and oxygen atoms in total. The van der Waals surface area contributed by atoms with E-state index in [4.69, 9.17) is 16.2 Å². The predicted molar refractivity (Wildman–Crippen MR) is 216 cm³/mol. The minimum atomic E-state index is -5.31. The van der Waals surface area contributed by atoms with E-state index >= 15 is 0 Å². The number of sulfone groups is 1. The maximum atomic E-state index is 12.5. The first-order valence-corrected chi connectivity index (χ1v) is 22.2. The number of aromatic hydroxyl groups is 1. The normalized spacial score (nSPS) is 12.1. The summed E-state index contributed by atoms with van der Waals surface area (Å²) in [6.07, 6.45) is 0. The summed E-state index contributed by atoms with van der Waals surface area (Å²) in [6.45, 7) is -0.862. The van der Waals surface area contributed by atoms with Gasteiger partial charge in [-0.25, -0.2) is 12.6 Å². The van der Waals surface area contributed by atoms with Crippen molar-refractivity contribution in [1.29, 1.82) is 0 Å². The van der Waals surface area contributed by atoms with Crippen molar-refractivity contribution in [1.82, 2.24) is 15.0 Å². The minimum absolute atomic E-state index is 0. The van der Waals surface area contributed by atoms with Crippen molar-refractivity contribution in [3.63, 3.8) is 0 Å². The molecule has 33 heteroatoms. The Morgan fingerprint density at radius 3 is 1.77 bits per heavy atom. The zero-order valence-corrected chi connectivity index (χ0v) is 48.5. The van der Waals surface area contributed by atoms with E-state index in [1.807, 2.05) is 0 Å². The van der Waals surface area contributed by atoms with Gasteiger partial charge >= 0.3 is 10.4 Å². The number of hydrogen-bond donors (Lipinski definition) is 7. The Hall–Kier alpha value is 1.54. The number of hydrogen-bond acceptors (Lipinski definition) is 19. The van der Waals surface area contributed by atoms with Crippen LogP contribution in [0.15, 0.2) is 96.5 Å². The second-order valence-corrected chi connectivity index (χ2v) is 18.6. The van der Waals surface area contributed by atoms with Crippen LogP contribution in [0, 0.1) is 0 Å². The molecule has 4 aromatic carbocycles. The number of phenolic OH excluding ortho intramolecular Hbond substituents is 1. The van der Waals surface area contributed by atoms with Crippen molar-refractivity contribution >= 4 is 313 Å². The zero-order chi connectivity index (χ0) is 41.4. The minimum Gasteiger partial charge on any atom is -0.505 e. The van der Waals surface area contributed by atoms with Crippen LogP contribution in [0.2, 0.25) is 5.28 Å². The Morgan fingerprint density at radius 2 is 1.22 bits per heavy atom. The van der Waals surface area contributed by atoms with Gasteiger partial charge in [-0.2, -0.15) is 48.6 Å². The molecule has 0 fully saturated rings. The number of aromatic nitrogens is 3. The molecule has 7 N–H and O–H groups in total. The van der Waals surface area contributed by atoms with Crippen LogP contribution in [-0.4, -0.2) is 298 Å². The summed E-state index contributed by atoms with van der Waals surface area (Å²) < 4.78 is 161. The van der Waals surface area contributed by atoms with Crippen LogP contribution in [0.1, 0.15) is 0 Å². The first-order chi connectivity index (χ1) is 25.8. The van der Waals surface area contributed by atoms with Crippen molar-refractivity contribution < 1.29 is 69.6 Å². The molecule has 0 aliphatic heterocycles. The molecule has 0 saturated heterocycles. The number of nitrogens with zero attached hydrogens (tertiary/aromatic N) is 5. The van der Waals surface area contributed by atoms with Crippen LogP contribution in [0.25, 0.3) is 10.8 Å². The number of phenols is 1. The van der Waals surface area contributed by atoms with Crippen LogP contribution in [0.3, 0.4) is 0 Å². The molecule has 0 aliphatic rings. The first kappa shape index (κ1) is 59.6. The molecule has 0 atom stereocenters. The Labute approximate surface area is 516 Å². The number of nitrogens with one attached hydrogen (secondary N) is 2. The molecule has 1 heterocycles. The third-order valence-electron chi connectivity index (χ3n) is 7.01. The van der Waals surface area contributed by atoms with Gasteiger partial charge in [0.2, 0.25) is 17.2 Å². The number of benzene rings is 4. The van der Waals surface area contributed by atoms with Crippen LogP contribution >= 0.6 is 11.6 Å². The molecule has 1 aromatic heterocycles. The maximum absolute atomic E-state index is 12.5. The smallest absolute Gasteiger partial charge is 0.397 e. The zero-order valence-electron chi connectivity index (χ0n) is 31.1. The average Bonchev–Trinajstić information content (AvgIpc) is 3.05. The molecule has 0 saturated carbocycles. The molecule has 0 unspecified atom stereocenters. The van der Waals surface area contributed by atoms with Crippen molar-refractivity contribution in [2.24, 2.45) is 10.2 Å². The summed E-state index contributed by atoms with van der Waals surface area (Å²) in [5, 5.41) is 22.5. The van der Waals surface area contributed by atoms with E-state index in [2.05, 4.69) is 40.0 Å². The van der Waals surface area contributed by atoms with Gasteiger partial charge in [-0.15, -0.1) is 10.2 Å². The van der Waals surface area contributed by atoms with Crippen molar-refractivity contribution in [3.05, 3.63) is 72.0 Å². The number of fused-ring (bicyclic) bond motifs is 1. The van der Waals surface area contributed by atoms with Gasteiger partial charge < -0.3 is 15.7 Å². The molecule has 5 aromatic rings. The molecule has 60 heavy (non-hydrogen) atoms. The van der Waals surface area contributed by atoms with E-state index < -0.39 is 122 Å². The molecular formula is C27H22ClK4N7O16S5. The molecule has 302 valence electrons. The number of anilines is 4. The summed E-state index contributed by atoms with van der Waals surface area (Å²) in [5.41, 5.74) is -1.84. The molecule has 0 amide bonds. The Kier molecular flexibility index (Phi) is 23.8. The van der Waals surface area contributed by atoms with Gasteiger partial charge in [-0.1, -0.05) is 12.1 Å². The topological polar surface area (TPSA) is 369 Å². The van der Waals surface area contributed by atoms with E-state index in [0.29, 0.717) is 6.07 Å². The van der Waals surface area contributed by atoms with Crippen LogP contribution < -0.4 is 10.6 Å². The first-order valence-electron chi connectivity index (χ1n) is 14.5. The number of halogens is 1. The predicted octanol–water partition coefficient (Wildman–Crippen LogP) is 2.10. The van der Waals surface area contributed by atoms with Crippen molar-refractivity contribution in [2.75, 3.05) is 23.0 Å². The molecule has 0 aliphatic carbocycles. The number of azo groups is 1. The van der Waals surface area contributed by atoms with Crippen molar-refractivity contribution in [2.45, 2.75) is 19.6 Å². The summed E-state index contributed by atoms with van der Waals surface area (Å²) in [7, 11) is -24.2. The fraction of sp³-hybridized carbons (Fsp3) is 0.0741. The summed E-state index contributed by atoms with van der Waals surface area (Å²) >= 11 is 6.08. The molecule has 4 radical (unpaired) electrons. The van der Waals surface area contributed by atoms with Gasteiger partial charge in [0, 0.05) is 217 Å². The average molecular weight is 1050 g/mol. The van der Waals surface area contributed by atoms with Crippen LogP contribution in [0.5, 0.6) is 5.75 Å². The van der Waals surface area contributed by atoms with E-state index in [0.717, 1.165) is 36.4 Å². The SMILES string of the molecule is O=S(=O)(O)OCCS(=O)(=O)c1ccc(Nc2nc(Cl)nc(Nc3cc(S(=O)(=O)O)cc4cc(S(=O)(=O)O)c(N=Nc5ccccc5S(=O)(=O)O)c(O)c34)n2)cc1.[K].[K].[K].[K]. The van der Waals surface area contributed by atoms with E-state index in [9.17, 15) is 60.9 Å². The Bertz CT molecular complexity index is 3010. The van der Waals surface area contributed by atoms with Gasteiger partial charge in [0.05, 0.1) is 27.8 Å². The van der Waals surface area contributed by atoms with E-state index in [1.54, 1.807) is 0 Å². The van der Waals surface area contributed by atoms with E-state index in [1.165, 1.54) is 24.3 Å². The van der Waals surface area contributed by atoms with Crippen molar-refractivity contribution in [3.8, 4) is 5.75 Å². The third-order valence-corrected chi connectivity index (χ3v) is 11.9. The fourth-order valence-electron chi connectivity index (χ4n) is 4.69. The maximum Gasteiger partial charge on any atom is 0.397 e. The molecular weight excluding hydrogens is 1030 g/mol. The molecule has 0 bridgehead atoms. The summed E-state index contributed by atoms with van der Waals surface area (Å²) in [4.78, 5) is 8.77.